The van der Waals surface area contributed by atoms with E-state index in [9.17, 15) is 14.9 Å². The average molecular weight is 473 g/mol. The van der Waals surface area contributed by atoms with Crippen molar-refractivity contribution >= 4 is 44.9 Å². The highest BCUT2D eigenvalue weighted by atomic mass is 79.9. The van der Waals surface area contributed by atoms with Gasteiger partial charge in [0.2, 0.25) is 0 Å². The molecule has 0 radical (unpaired) electrons. The summed E-state index contributed by atoms with van der Waals surface area (Å²) in [6, 6.07) is 12.5. The van der Waals surface area contributed by atoms with Crippen LogP contribution in [0, 0.1) is 11.3 Å². The van der Waals surface area contributed by atoms with Gasteiger partial charge in [-0.3, -0.25) is 14.5 Å². The smallest absolute Gasteiger partial charge is 0.293 e. The Morgan fingerprint density at radius 1 is 1.28 bits per heavy atom. The molecule has 0 unspecified atom stereocenters. The average Bonchev–Trinajstić information content (AvgIpc) is 2.96. The van der Waals surface area contributed by atoms with Crippen LogP contribution < -0.4 is 9.47 Å². The van der Waals surface area contributed by atoms with Crippen molar-refractivity contribution in [3.63, 3.8) is 0 Å². The van der Waals surface area contributed by atoms with E-state index in [0.717, 1.165) is 16.7 Å². The van der Waals surface area contributed by atoms with Crippen LogP contribution in [0.15, 0.2) is 45.8 Å². The topological polar surface area (TPSA) is 79.6 Å². The van der Waals surface area contributed by atoms with Crippen molar-refractivity contribution < 1.29 is 19.1 Å². The number of halogens is 1. The molecule has 0 bridgehead atoms. The van der Waals surface area contributed by atoms with Crippen LogP contribution in [0.25, 0.3) is 6.08 Å². The molecular formula is C21H17BrN2O4S. The van der Waals surface area contributed by atoms with E-state index in [0.29, 0.717) is 44.2 Å². The normalized spacial score (nSPS) is 15.0. The number of ether oxygens (including phenoxy) is 2. The van der Waals surface area contributed by atoms with Gasteiger partial charge in [-0.1, -0.05) is 18.2 Å². The predicted molar refractivity (Wildman–Crippen MR) is 115 cm³/mol. The fourth-order valence-corrected chi connectivity index (χ4v) is 4.32. The summed E-state index contributed by atoms with van der Waals surface area (Å²) in [6.45, 7) is 2.38. The molecule has 1 fully saturated rings. The predicted octanol–water partition coefficient (Wildman–Crippen LogP) is 4.96. The third-order valence-electron chi connectivity index (χ3n) is 4.17. The Kier molecular flexibility index (Phi) is 6.62. The number of benzene rings is 2. The van der Waals surface area contributed by atoms with Crippen LogP contribution in [0.1, 0.15) is 23.6 Å². The summed E-state index contributed by atoms with van der Waals surface area (Å²) in [7, 11) is 1.55. The van der Waals surface area contributed by atoms with Gasteiger partial charge in [-0.25, -0.2) is 0 Å². The molecule has 29 heavy (non-hydrogen) atoms. The first-order valence-electron chi connectivity index (χ1n) is 8.72. The molecule has 0 spiro atoms. The van der Waals surface area contributed by atoms with E-state index in [4.69, 9.17) is 9.47 Å². The van der Waals surface area contributed by atoms with Crippen LogP contribution >= 0.6 is 27.7 Å². The second-order valence-corrected chi connectivity index (χ2v) is 7.85. The fourth-order valence-electron chi connectivity index (χ4n) is 2.86. The molecule has 6 nitrogen and oxygen atoms in total. The molecule has 0 aliphatic carbocycles. The number of nitrogens with zero attached hydrogens (tertiary/aromatic N) is 2. The molecular weight excluding hydrogens is 456 g/mol. The standard InChI is InChI=1S/C21H17BrN2O4S/c1-3-28-17-9-13(8-16(22)19(17)27-2)10-18-20(25)24(21(26)29-18)12-15-7-5-4-6-14(15)11-23/h4-10H,3,12H2,1-2H3/b18-10+. The van der Waals surface area contributed by atoms with Crippen molar-refractivity contribution in [1.82, 2.24) is 4.90 Å². The number of carbonyl (C=O) groups excluding carboxylic acids is 2. The highest BCUT2D eigenvalue weighted by molar-refractivity contribution is 9.10. The lowest BCUT2D eigenvalue weighted by atomic mass is 10.1. The van der Waals surface area contributed by atoms with Crippen LogP contribution in [-0.2, 0) is 11.3 Å². The van der Waals surface area contributed by atoms with Gasteiger partial charge in [0.25, 0.3) is 11.1 Å². The zero-order valence-corrected chi connectivity index (χ0v) is 18.2. The minimum atomic E-state index is -0.391. The van der Waals surface area contributed by atoms with Crippen LogP contribution in [-0.4, -0.2) is 29.8 Å². The molecule has 0 N–H and O–H groups in total. The molecule has 148 valence electrons. The molecule has 2 aromatic carbocycles. The third-order valence-corrected chi connectivity index (χ3v) is 5.67. The van der Waals surface area contributed by atoms with Gasteiger partial charge in [-0.15, -0.1) is 0 Å². The van der Waals surface area contributed by atoms with Gasteiger partial charge >= 0.3 is 0 Å². The van der Waals surface area contributed by atoms with Crippen molar-refractivity contribution in [2.24, 2.45) is 0 Å². The van der Waals surface area contributed by atoms with Crippen LogP contribution in [0.3, 0.4) is 0 Å². The zero-order valence-electron chi connectivity index (χ0n) is 15.8. The summed E-state index contributed by atoms with van der Waals surface area (Å²) in [5.41, 5.74) is 1.77. The van der Waals surface area contributed by atoms with Gasteiger partial charge in [-0.05, 0) is 70.0 Å². The summed E-state index contributed by atoms with van der Waals surface area (Å²) >= 11 is 4.32. The maximum atomic E-state index is 12.8. The molecule has 3 rings (SSSR count). The van der Waals surface area contributed by atoms with E-state index in [2.05, 4.69) is 22.0 Å². The molecule has 8 heteroatoms. The summed E-state index contributed by atoms with van der Waals surface area (Å²) in [4.78, 5) is 26.7. The lowest BCUT2D eigenvalue weighted by Crippen LogP contribution is -2.27. The Morgan fingerprint density at radius 2 is 2.03 bits per heavy atom. The van der Waals surface area contributed by atoms with Crippen molar-refractivity contribution in [1.29, 1.82) is 5.26 Å². The number of hydrogen-bond acceptors (Lipinski definition) is 6. The van der Waals surface area contributed by atoms with E-state index in [1.165, 1.54) is 0 Å². The van der Waals surface area contributed by atoms with E-state index < -0.39 is 5.91 Å². The number of amides is 2. The Hall–Kier alpha value is -2.76. The van der Waals surface area contributed by atoms with Gasteiger partial charge in [0.15, 0.2) is 11.5 Å². The van der Waals surface area contributed by atoms with Crippen LogP contribution in [0.2, 0.25) is 0 Å². The monoisotopic (exact) mass is 472 g/mol. The first-order valence-corrected chi connectivity index (χ1v) is 10.3. The summed E-state index contributed by atoms with van der Waals surface area (Å²) < 4.78 is 11.6. The first-order chi connectivity index (χ1) is 14.0. The molecule has 0 aromatic heterocycles. The quantitative estimate of drug-likeness (QED) is 0.552. The number of carbonyl (C=O) groups is 2. The molecule has 2 aromatic rings. The largest absolute Gasteiger partial charge is 0.492 e. The van der Waals surface area contributed by atoms with E-state index in [1.807, 2.05) is 6.92 Å². The van der Waals surface area contributed by atoms with Gasteiger partial charge in [0.1, 0.15) is 0 Å². The SMILES string of the molecule is CCOc1cc(/C=C2/SC(=O)N(Cc3ccccc3C#N)C2=O)cc(Br)c1OC. The van der Waals surface area contributed by atoms with E-state index >= 15 is 0 Å². The Labute approximate surface area is 181 Å². The summed E-state index contributed by atoms with van der Waals surface area (Å²) in [5.74, 6) is 0.709. The van der Waals surface area contributed by atoms with Gasteiger partial charge < -0.3 is 9.47 Å². The molecule has 0 atom stereocenters. The molecule has 1 saturated heterocycles. The van der Waals surface area contributed by atoms with Crippen LogP contribution in [0.5, 0.6) is 11.5 Å². The summed E-state index contributed by atoms with van der Waals surface area (Å²) in [5, 5.41) is 8.86. The number of rotatable bonds is 6. The van der Waals surface area contributed by atoms with E-state index in [1.54, 1.807) is 49.6 Å². The number of thioether (sulfide) groups is 1. The Balaban J connectivity index is 1.89. The van der Waals surface area contributed by atoms with Crippen molar-refractivity contribution in [3.8, 4) is 17.6 Å². The number of nitriles is 1. The summed E-state index contributed by atoms with van der Waals surface area (Å²) in [6.07, 6.45) is 1.65. The lowest BCUT2D eigenvalue weighted by Gasteiger charge is -2.13. The zero-order chi connectivity index (χ0) is 21.0. The number of imide groups is 1. The maximum Gasteiger partial charge on any atom is 0.293 e. The van der Waals surface area contributed by atoms with E-state index in [-0.39, 0.29) is 11.8 Å². The molecule has 1 aliphatic rings. The minimum absolute atomic E-state index is 0.0578. The Bertz CT molecular complexity index is 1050. The molecule has 1 aliphatic heterocycles. The molecule has 0 saturated carbocycles. The van der Waals surface area contributed by atoms with Crippen molar-refractivity contribution in [2.75, 3.05) is 13.7 Å². The van der Waals surface area contributed by atoms with Crippen molar-refractivity contribution in [2.45, 2.75) is 13.5 Å². The number of hydrogen-bond donors (Lipinski definition) is 0. The molecule has 2 amide bonds. The second-order valence-electron chi connectivity index (χ2n) is 6.00. The maximum absolute atomic E-state index is 12.8. The highest BCUT2D eigenvalue weighted by Crippen LogP contribution is 2.39. The first kappa shape index (κ1) is 21.0. The van der Waals surface area contributed by atoms with Gasteiger partial charge in [0.05, 0.1) is 41.3 Å². The van der Waals surface area contributed by atoms with Crippen LogP contribution in [0.4, 0.5) is 4.79 Å². The Morgan fingerprint density at radius 3 is 2.72 bits per heavy atom. The second kappa shape index (κ2) is 9.16. The fraction of sp³-hybridized carbons (Fsp3) is 0.190. The van der Waals surface area contributed by atoms with Gasteiger partial charge in [-0.2, -0.15) is 5.26 Å². The van der Waals surface area contributed by atoms with Crippen molar-refractivity contribution in [3.05, 3.63) is 62.5 Å². The minimum Gasteiger partial charge on any atom is -0.492 e. The molecule has 1 heterocycles. The third kappa shape index (κ3) is 4.47. The highest BCUT2D eigenvalue weighted by Gasteiger charge is 2.35. The van der Waals surface area contributed by atoms with Gasteiger partial charge in [0, 0.05) is 0 Å². The lowest BCUT2D eigenvalue weighted by molar-refractivity contribution is -0.123. The number of methoxy groups -OCH3 is 1.